The first-order valence-corrected chi connectivity index (χ1v) is 5.88. The molecule has 1 unspecified atom stereocenters. The van der Waals surface area contributed by atoms with E-state index in [1.54, 1.807) is 13.4 Å². The van der Waals surface area contributed by atoms with Crippen LogP contribution in [0.3, 0.4) is 0 Å². The van der Waals surface area contributed by atoms with Gasteiger partial charge in [0, 0.05) is 23.9 Å². The number of benzene rings is 1. The Morgan fingerprint density at radius 3 is 3.06 bits per heavy atom. The van der Waals surface area contributed by atoms with Crippen LogP contribution >= 0.6 is 0 Å². The number of hydrogen-bond donors (Lipinski definition) is 1. The van der Waals surface area contributed by atoms with E-state index in [2.05, 4.69) is 21.4 Å². The summed E-state index contributed by atoms with van der Waals surface area (Å²) in [7, 11) is 1.67. The summed E-state index contributed by atoms with van der Waals surface area (Å²) in [5.74, 6) is 1.35. The summed E-state index contributed by atoms with van der Waals surface area (Å²) in [6.07, 6.45) is 2.80. The maximum Gasteiger partial charge on any atom is 0.121 e. The molecule has 4 nitrogen and oxygen atoms in total. The van der Waals surface area contributed by atoms with Gasteiger partial charge in [-0.25, -0.2) is 9.97 Å². The van der Waals surface area contributed by atoms with Crippen molar-refractivity contribution in [3.05, 3.63) is 30.2 Å². The van der Waals surface area contributed by atoms with Gasteiger partial charge in [-0.3, -0.25) is 0 Å². The van der Waals surface area contributed by atoms with Crippen LogP contribution in [0.2, 0.25) is 0 Å². The second-order valence-electron chi connectivity index (χ2n) is 4.33. The maximum absolute atomic E-state index is 5.21. The van der Waals surface area contributed by atoms with E-state index in [0.29, 0.717) is 5.92 Å². The minimum absolute atomic E-state index is 0.508. The van der Waals surface area contributed by atoms with Crippen molar-refractivity contribution in [2.24, 2.45) is 0 Å². The fourth-order valence-corrected chi connectivity index (χ4v) is 2.40. The van der Waals surface area contributed by atoms with Gasteiger partial charge in [-0.1, -0.05) is 0 Å². The smallest absolute Gasteiger partial charge is 0.121 e. The highest BCUT2D eigenvalue weighted by Gasteiger charge is 2.20. The van der Waals surface area contributed by atoms with E-state index in [1.165, 1.54) is 0 Å². The fraction of sp³-hybridized carbons (Fsp3) is 0.385. The second-order valence-corrected chi connectivity index (χ2v) is 4.33. The molecular weight excluding hydrogens is 214 g/mol. The van der Waals surface area contributed by atoms with Crippen molar-refractivity contribution >= 4 is 10.9 Å². The van der Waals surface area contributed by atoms with Crippen LogP contribution in [0.5, 0.6) is 5.75 Å². The number of fused-ring (bicyclic) bond motifs is 1. The summed E-state index contributed by atoms with van der Waals surface area (Å²) in [4.78, 5) is 8.76. The van der Waals surface area contributed by atoms with E-state index in [9.17, 15) is 0 Å². The van der Waals surface area contributed by atoms with Gasteiger partial charge in [0.1, 0.15) is 12.1 Å². The van der Waals surface area contributed by atoms with Crippen LogP contribution < -0.4 is 10.1 Å². The Morgan fingerprint density at radius 1 is 1.35 bits per heavy atom. The molecule has 88 valence electrons. The summed E-state index contributed by atoms with van der Waals surface area (Å²) in [6, 6.07) is 5.99. The van der Waals surface area contributed by atoms with Gasteiger partial charge >= 0.3 is 0 Å². The van der Waals surface area contributed by atoms with E-state index in [0.717, 1.165) is 41.9 Å². The van der Waals surface area contributed by atoms with Gasteiger partial charge in [0.15, 0.2) is 0 Å². The standard InChI is InChI=1S/C13H15N3O/c1-17-10-2-3-11-12(6-10)15-8-16-13(11)9-4-5-14-7-9/h2-3,6,8-9,14H,4-5,7H2,1H3. The SMILES string of the molecule is COc1ccc2c(C3CCNC3)ncnc2c1. The molecule has 4 heteroatoms. The maximum atomic E-state index is 5.21. The Balaban J connectivity index is 2.12. The predicted molar refractivity (Wildman–Crippen MR) is 66.3 cm³/mol. The number of nitrogens with zero attached hydrogens (tertiary/aromatic N) is 2. The zero-order valence-electron chi connectivity index (χ0n) is 9.81. The Hall–Kier alpha value is -1.68. The van der Waals surface area contributed by atoms with Crippen molar-refractivity contribution in [2.45, 2.75) is 12.3 Å². The van der Waals surface area contributed by atoms with Crippen LogP contribution in [0.1, 0.15) is 18.0 Å². The number of ether oxygens (including phenoxy) is 1. The quantitative estimate of drug-likeness (QED) is 0.851. The molecule has 0 aliphatic carbocycles. The molecule has 1 aromatic carbocycles. The van der Waals surface area contributed by atoms with E-state index in [-0.39, 0.29) is 0 Å². The zero-order valence-corrected chi connectivity index (χ0v) is 9.81. The first-order valence-electron chi connectivity index (χ1n) is 5.88. The minimum Gasteiger partial charge on any atom is -0.497 e. The van der Waals surface area contributed by atoms with E-state index < -0.39 is 0 Å². The zero-order chi connectivity index (χ0) is 11.7. The minimum atomic E-state index is 0.508. The lowest BCUT2D eigenvalue weighted by Crippen LogP contribution is -2.09. The molecule has 0 amide bonds. The predicted octanol–water partition coefficient (Wildman–Crippen LogP) is 1.72. The van der Waals surface area contributed by atoms with Crippen LogP contribution in [-0.2, 0) is 0 Å². The number of rotatable bonds is 2. The fourth-order valence-electron chi connectivity index (χ4n) is 2.40. The van der Waals surface area contributed by atoms with Crippen LogP contribution in [0, 0.1) is 0 Å². The molecule has 1 atom stereocenters. The largest absolute Gasteiger partial charge is 0.497 e. The van der Waals surface area contributed by atoms with Crippen molar-refractivity contribution in [3.8, 4) is 5.75 Å². The third kappa shape index (κ3) is 1.85. The molecule has 1 aliphatic rings. The lowest BCUT2D eigenvalue weighted by Gasteiger charge is -2.11. The van der Waals surface area contributed by atoms with Crippen molar-refractivity contribution < 1.29 is 4.74 Å². The third-order valence-electron chi connectivity index (χ3n) is 3.32. The van der Waals surface area contributed by atoms with E-state index in [1.807, 2.05) is 12.1 Å². The molecule has 1 N–H and O–H groups in total. The van der Waals surface area contributed by atoms with Gasteiger partial charge in [-0.05, 0) is 25.1 Å². The molecular formula is C13H15N3O. The summed E-state index contributed by atoms with van der Waals surface area (Å²) in [6.45, 7) is 2.09. The lowest BCUT2D eigenvalue weighted by atomic mass is 10.00. The highest BCUT2D eigenvalue weighted by molar-refractivity contribution is 5.82. The Bertz CT molecular complexity index is 535. The molecule has 2 aromatic rings. The van der Waals surface area contributed by atoms with Crippen LogP contribution in [0.25, 0.3) is 10.9 Å². The molecule has 17 heavy (non-hydrogen) atoms. The van der Waals surface area contributed by atoms with Crippen LogP contribution in [-0.4, -0.2) is 30.2 Å². The molecule has 1 aliphatic heterocycles. The number of aromatic nitrogens is 2. The first kappa shape index (κ1) is 10.5. The summed E-state index contributed by atoms with van der Waals surface area (Å²) < 4.78 is 5.21. The summed E-state index contributed by atoms with van der Waals surface area (Å²) in [5.41, 5.74) is 2.11. The van der Waals surface area contributed by atoms with Gasteiger partial charge in [0.2, 0.25) is 0 Å². The highest BCUT2D eigenvalue weighted by Crippen LogP contribution is 2.28. The normalized spacial score (nSPS) is 19.7. The number of nitrogens with one attached hydrogen (secondary N) is 1. The molecule has 1 aromatic heterocycles. The molecule has 1 saturated heterocycles. The molecule has 3 rings (SSSR count). The highest BCUT2D eigenvalue weighted by atomic mass is 16.5. The van der Waals surface area contributed by atoms with Gasteiger partial charge < -0.3 is 10.1 Å². The lowest BCUT2D eigenvalue weighted by molar-refractivity contribution is 0.415. The Labute approximate surface area is 100 Å². The first-order chi connectivity index (χ1) is 8.38. The molecule has 1 fully saturated rings. The number of hydrogen-bond acceptors (Lipinski definition) is 4. The van der Waals surface area contributed by atoms with Crippen molar-refractivity contribution in [1.29, 1.82) is 0 Å². The summed E-state index contributed by atoms with van der Waals surface area (Å²) >= 11 is 0. The van der Waals surface area contributed by atoms with Gasteiger partial charge in [-0.15, -0.1) is 0 Å². The van der Waals surface area contributed by atoms with Gasteiger partial charge in [0.25, 0.3) is 0 Å². The monoisotopic (exact) mass is 229 g/mol. The molecule has 2 heterocycles. The molecule has 0 radical (unpaired) electrons. The van der Waals surface area contributed by atoms with Gasteiger partial charge in [0.05, 0.1) is 18.3 Å². The van der Waals surface area contributed by atoms with E-state index >= 15 is 0 Å². The Morgan fingerprint density at radius 2 is 2.29 bits per heavy atom. The molecule has 0 saturated carbocycles. The molecule has 0 bridgehead atoms. The van der Waals surface area contributed by atoms with Crippen molar-refractivity contribution in [2.75, 3.05) is 20.2 Å². The van der Waals surface area contributed by atoms with Crippen LogP contribution in [0.15, 0.2) is 24.5 Å². The topological polar surface area (TPSA) is 47.0 Å². The average molecular weight is 229 g/mol. The third-order valence-corrected chi connectivity index (χ3v) is 3.32. The van der Waals surface area contributed by atoms with Crippen molar-refractivity contribution in [1.82, 2.24) is 15.3 Å². The Kier molecular flexibility index (Phi) is 2.65. The van der Waals surface area contributed by atoms with E-state index in [4.69, 9.17) is 4.74 Å². The van der Waals surface area contributed by atoms with Crippen molar-refractivity contribution in [3.63, 3.8) is 0 Å². The summed E-state index contributed by atoms with van der Waals surface area (Å²) in [5, 5.41) is 4.51. The number of methoxy groups -OCH3 is 1. The van der Waals surface area contributed by atoms with Crippen LogP contribution in [0.4, 0.5) is 0 Å². The second kappa shape index (κ2) is 4.30. The van der Waals surface area contributed by atoms with Gasteiger partial charge in [-0.2, -0.15) is 0 Å². The molecule has 0 spiro atoms. The average Bonchev–Trinajstić information content (AvgIpc) is 2.91.